The number of rotatable bonds is 7. The van der Waals surface area contributed by atoms with Gasteiger partial charge < -0.3 is 34.7 Å². The lowest BCUT2D eigenvalue weighted by Gasteiger charge is -2.32. The van der Waals surface area contributed by atoms with Crippen LogP contribution in [0.1, 0.15) is 29.5 Å². The highest BCUT2D eigenvalue weighted by Gasteiger charge is 2.41. The van der Waals surface area contributed by atoms with Crippen molar-refractivity contribution in [2.75, 3.05) is 39.1 Å². The molecule has 0 bridgehead atoms. The zero-order chi connectivity index (χ0) is 28.6. The van der Waals surface area contributed by atoms with Crippen LogP contribution in [0.3, 0.4) is 0 Å². The van der Waals surface area contributed by atoms with Gasteiger partial charge in [-0.3, -0.25) is 14.9 Å². The van der Waals surface area contributed by atoms with Crippen molar-refractivity contribution in [1.82, 2.24) is 0 Å². The molecule has 3 unspecified atom stereocenters. The third kappa shape index (κ3) is 4.59. The fourth-order valence-corrected chi connectivity index (χ4v) is 5.40. The number of phenols is 1. The number of aromatic hydroxyl groups is 1. The summed E-state index contributed by atoms with van der Waals surface area (Å²) in [7, 11) is 5.91. The maximum Gasteiger partial charge on any atom is 0.315 e. The molecule has 0 saturated carbocycles. The molecule has 0 spiro atoms. The third-order valence-electron chi connectivity index (χ3n) is 7.30. The first-order valence-corrected chi connectivity index (χ1v) is 12.5. The minimum atomic E-state index is -0.709. The minimum Gasteiger partial charge on any atom is -0.500 e. The summed E-state index contributed by atoms with van der Waals surface area (Å²) in [6.45, 7) is 0. The molecule has 0 radical (unpaired) electrons. The Labute approximate surface area is 230 Å². The number of carbonyl (C=O) groups excluding carboxylic acids is 1. The second kappa shape index (κ2) is 10.7. The van der Waals surface area contributed by atoms with Crippen molar-refractivity contribution < 1.29 is 33.8 Å². The van der Waals surface area contributed by atoms with E-state index in [-0.39, 0.29) is 23.9 Å². The Bertz CT molecular complexity index is 1490. The van der Waals surface area contributed by atoms with Gasteiger partial charge in [0.1, 0.15) is 5.78 Å². The van der Waals surface area contributed by atoms with Gasteiger partial charge >= 0.3 is 5.69 Å². The number of ketones is 1. The number of phenolic OH excluding ortho intramolecular Hbond substituents is 1. The summed E-state index contributed by atoms with van der Waals surface area (Å²) < 4.78 is 21.7. The third-order valence-corrected chi connectivity index (χ3v) is 7.30. The van der Waals surface area contributed by atoms with Gasteiger partial charge in [-0.05, 0) is 41.5 Å². The molecule has 5 rings (SSSR count). The summed E-state index contributed by atoms with van der Waals surface area (Å²) in [5.41, 5.74) is 2.84. The number of methoxy groups -OCH3 is 4. The molecule has 1 aliphatic heterocycles. The molecule has 3 aromatic carbocycles. The Morgan fingerprint density at radius 3 is 2.12 bits per heavy atom. The van der Waals surface area contributed by atoms with E-state index < -0.39 is 28.3 Å². The van der Waals surface area contributed by atoms with Gasteiger partial charge in [0.25, 0.3) is 0 Å². The second-order valence-electron chi connectivity index (χ2n) is 9.48. The predicted molar refractivity (Wildman–Crippen MR) is 148 cm³/mol. The van der Waals surface area contributed by atoms with Crippen molar-refractivity contribution in [3.63, 3.8) is 0 Å². The number of nitrogens with one attached hydrogen (secondary N) is 2. The molecule has 3 aromatic rings. The van der Waals surface area contributed by atoms with Crippen LogP contribution in [0, 0.1) is 16.0 Å². The number of ether oxygens (including phenoxy) is 4. The number of allylic oxidation sites excluding steroid dienone is 1. The molecule has 3 N–H and O–H groups in total. The number of hydrogen-bond donors (Lipinski definition) is 3. The Balaban J connectivity index is 1.66. The minimum absolute atomic E-state index is 0.0550. The van der Waals surface area contributed by atoms with E-state index in [0.717, 1.165) is 16.9 Å². The Hall–Kier alpha value is -4.93. The number of hydrogen-bond acceptors (Lipinski definition) is 10. The summed E-state index contributed by atoms with van der Waals surface area (Å²) >= 11 is 0. The van der Waals surface area contributed by atoms with Crippen molar-refractivity contribution >= 4 is 22.8 Å². The molecule has 1 heterocycles. The van der Waals surface area contributed by atoms with E-state index in [1.54, 1.807) is 0 Å². The SMILES string of the molecule is COc1cc(C2Nc3ccccc3NC3=CC(c4cc(OC)c(OC)c(OC)c4)CC(=O)C32)cc([N+](=O)[O-])c1O. The first-order chi connectivity index (χ1) is 19.3. The fourth-order valence-electron chi connectivity index (χ4n) is 5.40. The normalized spacial score (nSPS) is 19.6. The molecule has 208 valence electrons. The van der Waals surface area contributed by atoms with Crippen LogP contribution >= 0.6 is 0 Å². The predicted octanol–water partition coefficient (Wildman–Crippen LogP) is 5.17. The zero-order valence-electron chi connectivity index (χ0n) is 22.4. The standard InChI is InChI=1S/C29H29N3O8/c1-37-23-14-17(10-21(28(23)34)32(35)36)27-26-20(30-18-7-5-6-8-19(18)31-27)9-15(11-22(26)33)16-12-24(38-2)29(40-4)25(13-16)39-3/h5-10,12-15,26-27,30-31,34H,11H2,1-4H3. The molecular weight excluding hydrogens is 518 g/mol. The number of nitro benzene ring substituents is 1. The number of fused-ring (bicyclic) bond motifs is 2. The average molecular weight is 548 g/mol. The van der Waals surface area contributed by atoms with Gasteiger partial charge in [0.15, 0.2) is 17.2 Å². The number of benzene rings is 3. The second-order valence-corrected chi connectivity index (χ2v) is 9.48. The van der Waals surface area contributed by atoms with Gasteiger partial charge in [0, 0.05) is 24.1 Å². The number of nitro groups is 1. The van der Waals surface area contributed by atoms with Crippen LogP contribution in [0.2, 0.25) is 0 Å². The fraction of sp³-hybridized carbons (Fsp3) is 0.276. The number of carbonyl (C=O) groups is 1. The van der Waals surface area contributed by atoms with Crippen LogP contribution in [0.15, 0.2) is 60.3 Å². The largest absolute Gasteiger partial charge is 0.500 e. The first-order valence-electron chi connectivity index (χ1n) is 12.5. The smallest absolute Gasteiger partial charge is 0.315 e. The van der Waals surface area contributed by atoms with Crippen molar-refractivity contribution in [2.24, 2.45) is 5.92 Å². The van der Waals surface area contributed by atoms with Crippen LogP contribution in [0.4, 0.5) is 17.1 Å². The van der Waals surface area contributed by atoms with Crippen LogP contribution in [-0.2, 0) is 4.79 Å². The van der Waals surface area contributed by atoms with E-state index in [1.807, 2.05) is 42.5 Å². The maximum atomic E-state index is 13.9. The number of nitrogens with zero attached hydrogens (tertiary/aromatic N) is 1. The molecular formula is C29H29N3O8. The van der Waals surface area contributed by atoms with Crippen molar-refractivity contribution in [2.45, 2.75) is 18.4 Å². The summed E-state index contributed by atoms with van der Waals surface area (Å²) in [6.07, 6.45) is 2.16. The summed E-state index contributed by atoms with van der Waals surface area (Å²) in [5, 5.41) is 28.9. The molecule has 11 nitrogen and oxygen atoms in total. The molecule has 40 heavy (non-hydrogen) atoms. The van der Waals surface area contributed by atoms with Crippen LogP contribution in [0.25, 0.3) is 0 Å². The number of anilines is 2. The van der Waals surface area contributed by atoms with Gasteiger partial charge in [-0.1, -0.05) is 18.2 Å². The van der Waals surface area contributed by atoms with Crippen molar-refractivity contribution in [1.29, 1.82) is 0 Å². The van der Waals surface area contributed by atoms with E-state index in [4.69, 9.17) is 18.9 Å². The topological polar surface area (TPSA) is 141 Å². The molecule has 0 saturated heterocycles. The van der Waals surface area contributed by atoms with E-state index in [0.29, 0.717) is 28.5 Å². The molecule has 1 aliphatic carbocycles. The number of Topliss-reactive ketones (excluding diaryl/α,β-unsaturated/α-hetero) is 1. The maximum absolute atomic E-state index is 13.9. The van der Waals surface area contributed by atoms with Crippen molar-refractivity contribution in [3.8, 4) is 28.7 Å². The van der Waals surface area contributed by atoms with Gasteiger partial charge in [0.2, 0.25) is 11.5 Å². The van der Waals surface area contributed by atoms with Crippen molar-refractivity contribution in [3.05, 3.63) is 81.5 Å². The quantitative estimate of drug-likeness (QED) is 0.268. The summed E-state index contributed by atoms with van der Waals surface area (Å²) in [6, 6.07) is 13.2. The Kier molecular flexibility index (Phi) is 7.12. The monoisotopic (exact) mass is 547 g/mol. The molecule has 2 aliphatic rings. The first kappa shape index (κ1) is 26.7. The highest BCUT2D eigenvalue weighted by molar-refractivity contribution is 5.91. The lowest BCUT2D eigenvalue weighted by atomic mass is 9.76. The van der Waals surface area contributed by atoms with Crippen LogP contribution in [-0.4, -0.2) is 44.3 Å². The van der Waals surface area contributed by atoms with Gasteiger partial charge in [0.05, 0.1) is 56.7 Å². The highest BCUT2D eigenvalue weighted by Crippen LogP contribution is 2.48. The number of para-hydroxylation sites is 2. The molecule has 0 aromatic heterocycles. The lowest BCUT2D eigenvalue weighted by molar-refractivity contribution is -0.386. The Morgan fingerprint density at radius 2 is 1.52 bits per heavy atom. The zero-order valence-corrected chi connectivity index (χ0v) is 22.4. The lowest BCUT2D eigenvalue weighted by Crippen LogP contribution is -2.34. The summed E-state index contributed by atoms with van der Waals surface area (Å²) in [5.74, 6) is -0.316. The van der Waals surface area contributed by atoms with Gasteiger partial charge in [-0.25, -0.2) is 0 Å². The van der Waals surface area contributed by atoms with Gasteiger partial charge in [-0.2, -0.15) is 0 Å². The highest BCUT2D eigenvalue weighted by atomic mass is 16.6. The van der Waals surface area contributed by atoms with E-state index in [1.165, 1.54) is 40.6 Å². The van der Waals surface area contributed by atoms with E-state index >= 15 is 0 Å². The molecule has 0 fully saturated rings. The molecule has 0 amide bonds. The van der Waals surface area contributed by atoms with E-state index in [2.05, 4.69) is 10.6 Å². The Morgan fingerprint density at radius 1 is 0.900 bits per heavy atom. The summed E-state index contributed by atoms with van der Waals surface area (Å²) in [4.78, 5) is 25.0. The van der Waals surface area contributed by atoms with Crippen LogP contribution < -0.4 is 29.6 Å². The average Bonchev–Trinajstić information content (AvgIpc) is 3.13. The molecule has 3 atom stereocenters. The van der Waals surface area contributed by atoms with E-state index in [9.17, 15) is 20.0 Å². The van der Waals surface area contributed by atoms with Gasteiger partial charge in [-0.15, -0.1) is 0 Å². The van der Waals surface area contributed by atoms with Crippen LogP contribution in [0.5, 0.6) is 28.7 Å². The molecule has 11 heteroatoms.